The number of anilines is 3. The summed E-state index contributed by atoms with van der Waals surface area (Å²) in [6.07, 6.45) is 0. The summed E-state index contributed by atoms with van der Waals surface area (Å²) < 4.78 is 1.96. The van der Waals surface area contributed by atoms with E-state index in [2.05, 4.69) is 95.9 Å². The van der Waals surface area contributed by atoms with Gasteiger partial charge in [-0.05, 0) is 58.2 Å². The van der Waals surface area contributed by atoms with Crippen LogP contribution in [-0.4, -0.2) is 11.3 Å². The molecule has 0 bridgehead atoms. The van der Waals surface area contributed by atoms with E-state index in [0.29, 0.717) is 0 Å². The number of pyridine rings is 1. The highest BCUT2D eigenvalue weighted by Crippen LogP contribution is 2.38. The van der Waals surface area contributed by atoms with Crippen LogP contribution in [0.5, 0.6) is 0 Å². The highest BCUT2D eigenvalue weighted by Gasteiger charge is 2.41. The van der Waals surface area contributed by atoms with Crippen LogP contribution < -0.4 is 26.8 Å². The Morgan fingerprint density at radius 1 is 0.514 bits per heavy atom. The average molecular weight is 446 g/mol. The van der Waals surface area contributed by atoms with Crippen molar-refractivity contribution in [3.8, 4) is 5.69 Å². The number of nitrogens with zero attached hydrogens (tertiary/aromatic N) is 2. The fourth-order valence-corrected chi connectivity index (χ4v) is 6.24. The second kappa shape index (κ2) is 6.74. The van der Waals surface area contributed by atoms with Gasteiger partial charge in [0, 0.05) is 33.5 Å². The molecule has 0 unspecified atom stereocenters. The first-order chi connectivity index (χ1) is 17.3. The molecule has 6 aromatic rings. The number of hydrogen-bond donors (Lipinski definition) is 0. The number of hydrogen-bond acceptors (Lipinski definition) is 2. The van der Waals surface area contributed by atoms with Gasteiger partial charge in [-0.25, -0.2) is 0 Å². The molecule has 5 aromatic carbocycles. The zero-order valence-electron chi connectivity index (χ0n) is 18.8. The topological polar surface area (TPSA) is 25.2 Å². The molecule has 0 fully saturated rings. The molecule has 3 heterocycles. The molecule has 0 atom stereocenters. The van der Waals surface area contributed by atoms with Crippen molar-refractivity contribution in [3.05, 3.63) is 126 Å². The molecule has 1 aromatic heterocycles. The van der Waals surface area contributed by atoms with E-state index in [-0.39, 0.29) is 12.3 Å². The molecule has 3 nitrogen and oxygen atoms in total. The number of fused-ring (bicyclic) bond motifs is 6. The smallest absolute Gasteiger partial charge is 0.263 e. The number of aromatic nitrogens is 1. The number of para-hydroxylation sites is 3. The van der Waals surface area contributed by atoms with E-state index >= 15 is 0 Å². The Kier molecular flexibility index (Phi) is 3.62. The lowest BCUT2D eigenvalue weighted by atomic mass is 9.33. The standard InChI is InChI=1S/C31H19BN2O/c35-31-23-13-5-4-12-21(23)22-14-8-16-25-30(22)34(31)28-19-9-18-27-29(28)32(25)24-15-6-7-17-26(24)33(27)20-10-2-1-3-11-20/h1-19H. The van der Waals surface area contributed by atoms with E-state index in [1.165, 1.54) is 22.1 Å². The van der Waals surface area contributed by atoms with Crippen LogP contribution in [0.25, 0.3) is 27.4 Å². The van der Waals surface area contributed by atoms with Gasteiger partial charge in [-0.15, -0.1) is 0 Å². The Morgan fingerprint density at radius 3 is 2.03 bits per heavy atom. The van der Waals surface area contributed by atoms with Gasteiger partial charge in [0.1, 0.15) is 0 Å². The van der Waals surface area contributed by atoms with Crippen LogP contribution in [-0.2, 0) is 0 Å². The summed E-state index contributed by atoms with van der Waals surface area (Å²) >= 11 is 0. The molecule has 0 N–H and O–H groups in total. The lowest BCUT2D eigenvalue weighted by molar-refractivity contribution is 1.06. The van der Waals surface area contributed by atoms with Gasteiger partial charge >= 0.3 is 0 Å². The predicted octanol–water partition coefficient (Wildman–Crippen LogP) is 4.76. The van der Waals surface area contributed by atoms with Gasteiger partial charge in [0.05, 0.1) is 5.52 Å². The molecule has 2 aliphatic rings. The Labute approximate surface area is 202 Å². The lowest BCUT2D eigenvalue weighted by Crippen LogP contribution is -2.61. The zero-order chi connectivity index (χ0) is 23.1. The zero-order valence-corrected chi connectivity index (χ0v) is 18.8. The van der Waals surface area contributed by atoms with Crippen molar-refractivity contribution < 1.29 is 0 Å². The van der Waals surface area contributed by atoms with Crippen LogP contribution in [0.1, 0.15) is 0 Å². The number of rotatable bonds is 1. The Bertz CT molecular complexity index is 1890. The normalized spacial score (nSPS) is 13.1. The molecule has 0 spiro atoms. The molecule has 0 amide bonds. The van der Waals surface area contributed by atoms with Crippen molar-refractivity contribution in [1.82, 2.24) is 4.57 Å². The van der Waals surface area contributed by atoms with Gasteiger partial charge in [0.15, 0.2) is 0 Å². The molecule has 35 heavy (non-hydrogen) atoms. The van der Waals surface area contributed by atoms with E-state index in [1.807, 2.05) is 28.8 Å². The lowest BCUT2D eigenvalue weighted by Gasteiger charge is -2.40. The Hall–Kier alpha value is -4.57. The summed E-state index contributed by atoms with van der Waals surface area (Å²) in [4.78, 5) is 16.3. The van der Waals surface area contributed by atoms with Crippen LogP contribution in [0.15, 0.2) is 120 Å². The first kappa shape index (κ1) is 18.8. The summed E-state index contributed by atoms with van der Waals surface area (Å²) in [7, 11) is 0. The van der Waals surface area contributed by atoms with Crippen molar-refractivity contribution in [1.29, 1.82) is 0 Å². The molecular weight excluding hydrogens is 427 g/mol. The van der Waals surface area contributed by atoms with E-state index in [1.54, 1.807) is 0 Å². The molecule has 0 saturated heterocycles. The second-order valence-electron chi connectivity index (χ2n) is 9.30. The van der Waals surface area contributed by atoms with Crippen molar-refractivity contribution in [2.75, 3.05) is 4.90 Å². The fourth-order valence-electron chi connectivity index (χ4n) is 6.24. The highest BCUT2D eigenvalue weighted by atomic mass is 16.1. The van der Waals surface area contributed by atoms with E-state index in [9.17, 15) is 4.79 Å². The first-order valence-electron chi connectivity index (χ1n) is 12.0. The van der Waals surface area contributed by atoms with Crippen LogP contribution in [0.3, 0.4) is 0 Å². The van der Waals surface area contributed by atoms with Crippen LogP contribution in [0, 0.1) is 0 Å². The second-order valence-corrected chi connectivity index (χ2v) is 9.30. The van der Waals surface area contributed by atoms with E-state index in [4.69, 9.17) is 0 Å². The van der Waals surface area contributed by atoms with Crippen molar-refractivity contribution in [2.24, 2.45) is 0 Å². The molecule has 162 valence electrons. The minimum Gasteiger partial charge on any atom is -0.311 e. The minimum atomic E-state index is 0.0394. The maximum absolute atomic E-state index is 14.0. The summed E-state index contributed by atoms with van der Waals surface area (Å²) in [5.74, 6) is 0. The third kappa shape index (κ3) is 2.33. The fraction of sp³-hybridized carbons (Fsp3) is 0. The van der Waals surface area contributed by atoms with Gasteiger partial charge in [0.25, 0.3) is 12.3 Å². The maximum Gasteiger partial charge on any atom is 0.263 e. The van der Waals surface area contributed by atoms with Gasteiger partial charge in [-0.2, -0.15) is 0 Å². The summed E-state index contributed by atoms with van der Waals surface area (Å²) in [6.45, 7) is 0.0571. The maximum atomic E-state index is 14.0. The van der Waals surface area contributed by atoms with Crippen LogP contribution in [0.2, 0.25) is 0 Å². The quantitative estimate of drug-likeness (QED) is 0.269. The van der Waals surface area contributed by atoms with Crippen molar-refractivity contribution in [2.45, 2.75) is 0 Å². The Morgan fingerprint density at radius 2 is 1.14 bits per heavy atom. The molecule has 2 aliphatic heterocycles. The van der Waals surface area contributed by atoms with Crippen LogP contribution >= 0.6 is 0 Å². The molecule has 0 saturated carbocycles. The number of benzene rings is 5. The van der Waals surface area contributed by atoms with Gasteiger partial charge in [-0.3, -0.25) is 9.36 Å². The SMILES string of the molecule is O=c1c2ccccc2c2cccc3c2n1-c1cccc2c1B3c1ccccc1N2c1ccccc1. The monoisotopic (exact) mass is 446 g/mol. The minimum absolute atomic E-state index is 0.0394. The van der Waals surface area contributed by atoms with E-state index in [0.717, 1.165) is 38.7 Å². The van der Waals surface area contributed by atoms with Crippen molar-refractivity contribution in [3.63, 3.8) is 0 Å². The van der Waals surface area contributed by atoms with E-state index < -0.39 is 0 Å². The summed E-state index contributed by atoms with van der Waals surface area (Å²) in [6, 6.07) is 40.0. The largest absolute Gasteiger partial charge is 0.311 e. The van der Waals surface area contributed by atoms with Gasteiger partial charge < -0.3 is 4.90 Å². The summed E-state index contributed by atoms with van der Waals surface area (Å²) in [5, 5.41) is 2.89. The molecular formula is C31H19BN2O. The third-order valence-electron chi connectivity index (χ3n) is 7.59. The average Bonchev–Trinajstić information content (AvgIpc) is 2.92. The Balaban J connectivity index is 1.59. The molecule has 8 rings (SSSR count). The summed E-state index contributed by atoms with van der Waals surface area (Å²) in [5.41, 5.74) is 9.09. The molecule has 0 aliphatic carbocycles. The molecule has 4 heteroatoms. The predicted molar refractivity (Wildman–Crippen MR) is 146 cm³/mol. The van der Waals surface area contributed by atoms with Crippen LogP contribution in [0.4, 0.5) is 17.1 Å². The third-order valence-corrected chi connectivity index (χ3v) is 7.59. The van der Waals surface area contributed by atoms with Crippen molar-refractivity contribution >= 4 is 61.8 Å². The molecule has 0 radical (unpaired) electrons. The first-order valence-corrected chi connectivity index (χ1v) is 12.0. The highest BCUT2D eigenvalue weighted by molar-refractivity contribution is 7.00. The van der Waals surface area contributed by atoms with Gasteiger partial charge in [-0.1, -0.05) is 78.9 Å². The van der Waals surface area contributed by atoms with Gasteiger partial charge in [0.2, 0.25) is 0 Å².